The Balaban J connectivity index is 1.75. The number of ether oxygens (including phenoxy) is 1. The van der Waals surface area contributed by atoms with Gasteiger partial charge in [-0.05, 0) is 36.4 Å². The van der Waals surface area contributed by atoms with Crippen molar-refractivity contribution in [1.82, 2.24) is 10.9 Å². The number of carbonyl (C=O) groups is 2. The number of nitro groups is 1. The molecule has 2 amide bonds. The fraction of sp³-hybridized carbons (Fsp3) is 0.0909. The lowest BCUT2D eigenvalue weighted by molar-refractivity contribution is -0.384. The highest BCUT2D eigenvalue weighted by Gasteiger charge is 2.20. The molecule has 0 saturated heterocycles. The molecule has 0 atom stereocenters. The first-order valence-electron chi connectivity index (χ1n) is 9.99. The third-order valence-corrected chi connectivity index (χ3v) is 6.14. The van der Waals surface area contributed by atoms with E-state index < -0.39 is 26.8 Å². The van der Waals surface area contributed by atoms with Gasteiger partial charge in [-0.2, -0.15) is 0 Å². The minimum atomic E-state index is -4.07. The van der Waals surface area contributed by atoms with Crippen molar-refractivity contribution in [2.24, 2.45) is 0 Å². The van der Waals surface area contributed by atoms with E-state index in [1.165, 1.54) is 50.6 Å². The Hall–Kier alpha value is -4.65. The van der Waals surface area contributed by atoms with Crippen LogP contribution in [0.2, 0.25) is 0 Å². The zero-order chi connectivity index (χ0) is 25.6. The van der Waals surface area contributed by atoms with Crippen molar-refractivity contribution in [3.8, 4) is 5.75 Å². The summed E-state index contributed by atoms with van der Waals surface area (Å²) in [7, 11) is -1.14. The van der Waals surface area contributed by atoms with E-state index >= 15 is 0 Å². The number of benzene rings is 3. The molecule has 0 aliphatic heterocycles. The third-order valence-electron chi connectivity index (χ3n) is 4.78. The molecule has 0 aromatic heterocycles. The number of rotatable bonds is 8. The monoisotopic (exact) mass is 499 g/mol. The molecular formula is C22H21N5O7S. The van der Waals surface area contributed by atoms with Crippen molar-refractivity contribution < 1.29 is 27.7 Å². The molecule has 0 heterocycles. The standard InChI is InChI=1S/C22H21N5O7S/c1-23-18-11-10-15(27(30)31)13-17(18)22(29)25-24-21(28)14-6-5-7-16(12-14)35(32,33)26-19-8-3-4-9-20(19)34-2/h3-13,23,26H,1-2H3,(H,24,28)(H,25,29). The van der Waals surface area contributed by atoms with Crippen molar-refractivity contribution in [2.45, 2.75) is 4.90 Å². The normalized spacial score (nSPS) is 10.7. The van der Waals surface area contributed by atoms with Gasteiger partial charge in [-0.3, -0.25) is 35.3 Å². The fourth-order valence-corrected chi connectivity index (χ4v) is 4.16. The van der Waals surface area contributed by atoms with Crippen LogP contribution in [0.4, 0.5) is 17.1 Å². The highest BCUT2D eigenvalue weighted by Crippen LogP contribution is 2.26. The molecule has 0 aliphatic carbocycles. The van der Waals surface area contributed by atoms with Crippen LogP contribution in [0.25, 0.3) is 0 Å². The highest BCUT2D eigenvalue weighted by atomic mass is 32.2. The van der Waals surface area contributed by atoms with Gasteiger partial charge in [-0.25, -0.2) is 8.42 Å². The molecule has 4 N–H and O–H groups in total. The summed E-state index contributed by atoms with van der Waals surface area (Å²) in [5.41, 5.74) is 4.43. The van der Waals surface area contributed by atoms with Crippen LogP contribution in [0.5, 0.6) is 5.75 Å². The van der Waals surface area contributed by atoms with Gasteiger partial charge in [0.25, 0.3) is 27.5 Å². The maximum atomic E-state index is 12.8. The highest BCUT2D eigenvalue weighted by molar-refractivity contribution is 7.92. The number of non-ortho nitro benzene ring substituents is 1. The number of anilines is 2. The molecule has 12 nitrogen and oxygen atoms in total. The Labute approximate surface area is 200 Å². The molecule has 0 bridgehead atoms. The summed E-state index contributed by atoms with van der Waals surface area (Å²) in [6.07, 6.45) is 0. The van der Waals surface area contributed by atoms with Gasteiger partial charge in [0.05, 0.1) is 28.2 Å². The lowest BCUT2D eigenvalue weighted by atomic mass is 10.1. The quantitative estimate of drug-likeness (QED) is 0.271. The van der Waals surface area contributed by atoms with Gasteiger partial charge in [-0.15, -0.1) is 0 Å². The van der Waals surface area contributed by atoms with Crippen molar-refractivity contribution in [3.63, 3.8) is 0 Å². The summed E-state index contributed by atoms with van der Waals surface area (Å²) in [5, 5.41) is 13.7. The van der Waals surface area contributed by atoms with Crippen LogP contribution in [0.1, 0.15) is 20.7 Å². The van der Waals surface area contributed by atoms with Crippen molar-refractivity contribution >= 4 is 38.9 Å². The maximum Gasteiger partial charge on any atom is 0.272 e. The molecule has 13 heteroatoms. The van der Waals surface area contributed by atoms with Gasteiger partial charge < -0.3 is 10.1 Å². The molecule has 3 rings (SSSR count). The summed E-state index contributed by atoms with van der Waals surface area (Å²) in [6.45, 7) is 0. The van der Waals surface area contributed by atoms with Gasteiger partial charge in [0.15, 0.2) is 0 Å². The predicted octanol–water partition coefficient (Wildman–Crippen LogP) is 2.52. The van der Waals surface area contributed by atoms with Crippen molar-refractivity contribution in [2.75, 3.05) is 24.2 Å². The van der Waals surface area contributed by atoms with Crippen LogP contribution >= 0.6 is 0 Å². The second-order valence-corrected chi connectivity index (χ2v) is 8.66. The largest absolute Gasteiger partial charge is 0.495 e. The van der Waals surface area contributed by atoms with E-state index in [4.69, 9.17) is 4.74 Å². The predicted molar refractivity (Wildman–Crippen MR) is 128 cm³/mol. The SMILES string of the molecule is CNc1ccc([N+](=O)[O-])cc1C(=O)NNC(=O)c1cccc(S(=O)(=O)Nc2ccccc2OC)c1. The van der Waals surface area contributed by atoms with Crippen LogP contribution in [-0.4, -0.2) is 39.3 Å². The van der Waals surface area contributed by atoms with Crippen LogP contribution in [0, 0.1) is 10.1 Å². The van der Waals surface area contributed by atoms with Crippen LogP contribution in [0.15, 0.2) is 71.6 Å². The molecule has 0 saturated carbocycles. The second-order valence-electron chi connectivity index (χ2n) is 6.98. The lowest BCUT2D eigenvalue weighted by Gasteiger charge is -2.13. The first-order chi connectivity index (χ1) is 16.7. The summed E-state index contributed by atoms with van der Waals surface area (Å²) < 4.78 is 33.2. The number of nitrogens with zero attached hydrogens (tertiary/aromatic N) is 1. The van der Waals surface area contributed by atoms with Crippen LogP contribution in [0.3, 0.4) is 0 Å². The Kier molecular flexibility index (Phi) is 7.51. The van der Waals surface area contributed by atoms with Gasteiger partial charge in [-0.1, -0.05) is 18.2 Å². The van der Waals surface area contributed by atoms with E-state index in [2.05, 4.69) is 20.9 Å². The molecular weight excluding hydrogens is 478 g/mol. The van der Waals surface area contributed by atoms with E-state index in [0.717, 1.165) is 12.1 Å². The fourth-order valence-electron chi connectivity index (χ4n) is 3.04. The number of carbonyl (C=O) groups excluding carboxylic acids is 2. The number of hydrazine groups is 1. The summed E-state index contributed by atoms with van der Waals surface area (Å²) in [6, 6.07) is 15.2. The molecule has 3 aromatic rings. The molecule has 182 valence electrons. The Morgan fingerprint density at radius 1 is 0.914 bits per heavy atom. The third kappa shape index (κ3) is 5.83. The molecule has 0 unspecified atom stereocenters. The van der Waals surface area contributed by atoms with E-state index in [1.54, 1.807) is 18.2 Å². The Bertz CT molecular complexity index is 1390. The van der Waals surface area contributed by atoms with Gasteiger partial charge >= 0.3 is 0 Å². The van der Waals surface area contributed by atoms with Gasteiger partial charge in [0.2, 0.25) is 0 Å². The molecule has 0 aliphatic rings. The van der Waals surface area contributed by atoms with Gasteiger partial charge in [0.1, 0.15) is 5.75 Å². The number of hydrogen-bond acceptors (Lipinski definition) is 8. The minimum absolute atomic E-state index is 0.0546. The number of nitro benzene ring substituents is 1. The Morgan fingerprint density at radius 2 is 1.63 bits per heavy atom. The number of hydrogen-bond donors (Lipinski definition) is 4. The topological polar surface area (TPSA) is 169 Å². The average molecular weight is 500 g/mol. The summed E-state index contributed by atoms with van der Waals surface area (Å²) >= 11 is 0. The van der Waals surface area contributed by atoms with Crippen LogP contribution in [-0.2, 0) is 10.0 Å². The number of amides is 2. The van der Waals surface area contributed by atoms with Crippen molar-refractivity contribution in [1.29, 1.82) is 0 Å². The Morgan fingerprint density at radius 3 is 2.31 bits per heavy atom. The zero-order valence-electron chi connectivity index (χ0n) is 18.6. The van der Waals surface area contributed by atoms with E-state index in [9.17, 15) is 28.1 Å². The molecule has 0 spiro atoms. The molecule has 3 aromatic carbocycles. The average Bonchev–Trinajstić information content (AvgIpc) is 2.86. The van der Waals surface area contributed by atoms with E-state index in [1.807, 2.05) is 0 Å². The number of para-hydroxylation sites is 2. The van der Waals surface area contributed by atoms with Crippen LogP contribution < -0.4 is 25.6 Å². The summed E-state index contributed by atoms with van der Waals surface area (Å²) in [4.78, 5) is 35.2. The minimum Gasteiger partial charge on any atom is -0.495 e. The zero-order valence-corrected chi connectivity index (χ0v) is 19.4. The van der Waals surface area contributed by atoms with Gasteiger partial charge in [0, 0.05) is 30.4 Å². The second kappa shape index (κ2) is 10.5. The number of sulfonamides is 1. The number of methoxy groups -OCH3 is 1. The summed E-state index contributed by atoms with van der Waals surface area (Å²) in [5.74, 6) is -1.30. The molecule has 0 radical (unpaired) electrons. The molecule has 35 heavy (non-hydrogen) atoms. The maximum absolute atomic E-state index is 12.8. The van der Waals surface area contributed by atoms with Crippen molar-refractivity contribution in [3.05, 3.63) is 88.0 Å². The lowest BCUT2D eigenvalue weighted by Crippen LogP contribution is -2.41. The first-order valence-corrected chi connectivity index (χ1v) is 11.5. The van der Waals surface area contributed by atoms with E-state index in [0.29, 0.717) is 11.4 Å². The first kappa shape index (κ1) is 25.0. The number of nitrogens with one attached hydrogen (secondary N) is 4. The van der Waals surface area contributed by atoms with E-state index in [-0.39, 0.29) is 27.4 Å². The molecule has 0 fully saturated rings. The smallest absolute Gasteiger partial charge is 0.272 e.